The Balaban J connectivity index is 1.90. The molecule has 0 saturated heterocycles. The van der Waals surface area contributed by atoms with Crippen LogP contribution in [0.5, 0.6) is 0 Å². The number of nitrogens with zero attached hydrogens (tertiary/aromatic N) is 1. The minimum atomic E-state index is 0.604. The van der Waals surface area contributed by atoms with Crippen LogP contribution in [0.25, 0.3) is 0 Å². The van der Waals surface area contributed by atoms with Crippen molar-refractivity contribution in [3.63, 3.8) is 0 Å². The van der Waals surface area contributed by atoms with E-state index in [0.717, 1.165) is 24.0 Å². The third-order valence-corrected chi connectivity index (χ3v) is 3.20. The zero-order chi connectivity index (χ0) is 12.3. The summed E-state index contributed by atoms with van der Waals surface area (Å²) in [6.07, 6.45) is 4.19. The van der Waals surface area contributed by atoms with Crippen LogP contribution >= 0.6 is 12.2 Å². The second-order valence-corrected chi connectivity index (χ2v) is 5.41. The maximum atomic E-state index is 5.46. The highest BCUT2D eigenvalue weighted by atomic mass is 32.1. The normalized spacial score (nSPS) is 15.0. The molecule has 0 bridgehead atoms. The van der Waals surface area contributed by atoms with E-state index >= 15 is 0 Å². The number of furan rings is 1. The summed E-state index contributed by atoms with van der Waals surface area (Å²) in [6.45, 7) is 6.08. The fraction of sp³-hybridized carbons (Fsp3) is 0.615. The quantitative estimate of drug-likeness (QED) is 0.816. The standard InChI is InChI=1S/C13H20N2OS/c1-10(2)8-14-13(17)15(11-5-6-11)9-12-4-3-7-16-12/h3-4,7,10-11H,5-6,8-9H2,1-2H3,(H,14,17). The molecule has 1 aromatic rings. The van der Waals surface area contributed by atoms with Gasteiger partial charge in [0.2, 0.25) is 0 Å². The third-order valence-electron chi connectivity index (χ3n) is 2.82. The Labute approximate surface area is 108 Å². The van der Waals surface area contributed by atoms with Crippen molar-refractivity contribution in [2.24, 2.45) is 5.92 Å². The van der Waals surface area contributed by atoms with Gasteiger partial charge in [0.05, 0.1) is 12.8 Å². The molecule has 0 amide bonds. The predicted molar refractivity (Wildman–Crippen MR) is 72.7 cm³/mol. The molecule has 0 atom stereocenters. The number of thiocarbonyl (C=S) groups is 1. The molecule has 17 heavy (non-hydrogen) atoms. The van der Waals surface area contributed by atoms with Gasteiger partial charge in [-0.2, -0.15) is 0 Å². The summed E-state index contributed by atoms with van der Waals surface area (Å²) in [5, 5.41) is 4.19. The molecule has 4 heteroatoms. The Bertz CT molecular complexity index is 358. The minimum absolute atomic E-state index is 0.604. The zero-order valence-corrected chi connectivity index (χ0v) is 11.3. The van der Waals surface area contributed by atoms with Crippen molar-refractivity contribution in [1.29, 1.82) is 0 Å². The molecule has 0 unspecified atom stereocenters. The average Bonchev–Trinajstić information content (AvgIpc) is 3.00. The van der Waals surface area contributed by atoms with Crippen molar-refractivity contribution in [1.82, 2.24) is 10.2 Å². The van der Waals surface area contributed by atoms with Gasteiger partial charge in [-0.05, 0) is 43.1 Å². The second kappa shape index (κ2) is 5.54. The lowest BCUT2D eigenvalue weighted by Gasteiger charge is -2.25. The van der Waals surface area contributed by atoms with Crippen molar-refractivity contribution < 1.29 is 4.42 Å². The SMILES string of the molecule is CC(C)CNC(=S)N(Cc1ccco1)C1CC1. The Kier molecular flexibility index (Phi) is 4.05. The fourth-order valence-electron chi connectivity index (χ4n) is 1.72. The van der Waals surface area contributed by atoms with E-state index in [2.05, 4.69) is 24.1 Å². The van der Waals surface area contributed by atoms with Gasteiger partial charge < -0.3 is 14.6 Å². The first-order valence-electron chi connectivity index (χ1n) is 6.23. The van der Waals surface area contributed by atoms with Gasteiger partial charge in [-0.3, -0.25) is 0 Å². The molecule has 0 radical (unpaired) electrons. The van der Waals surface area contributed by atoms with E-state index in [1.165, 1.54) is 12.8 Å². The van der Waals surface area contributed by atoms with Gasteiger partial charge in [-0.15, -0.1) is 0 Å². The molecule has 0 aliphatic heterocycles. The highest BCUT2D eigenvalue weighted by Crippen LogP contribution is 2.28. The van der Waals surface area contributed by atoms with E-state index in [9.17, 15) is 0 Å². The van der Waals surface area contributed by atoms with Crippen molar-refractivity contribution in [3.8, 4) is 0 Å². The molecule has 1 N–H and O–H groups in total. The number of nitrogens with one attached hydrogen (secondary N) is 1. The third kappa shape index (κ3) is 3.73. The Morgan fingerprint density at radius 2 is 2.35 bits per heavy atom. The number of hydrogen-bond acceptors (Lipinski definition) is 2. The Morgan fingerprint density at radius 1 is 1.59 bits per heavy atom. The lowest BCUT2D eigenvalue weighted by molar-refractivity contribution is 0.347. The maximum absolute atomic E-state index is 5.46. The molecule has 1 aliphatic rings. The van der Waals surface area contributed by atoms with Gasteiger partial charge in [0.15, 0.2) is 5.11 Å². The molecule has 94 valence electrons. The van der Waals surface area contributed by atoms with Crippen LogP contribution in [-0.2, 0) is 6.54 Å². The van der Waals surface area contributed by atoms with Gasteiger partial charge in [-0.25, -0.2) is 0 Å². The molecular formula is C13H20N2OS. The topological polar surface area (TPSA) is 28.4 Å². The minimum Gasteiger partial charge on any atom is -0.467 e. The molecule has 1 aliphatic carbocycles. The summed E-state index contributed by atoms with van der Waals surface area (Å²) in [6, 6.07) is 4.53. The zero-order valence-electron chi connectivity index (χ0n) is 10.5. The second-order valence-electron chi connectivity index (χ2n) is 5.02. The van der Waals surface area contributed by atoms with E-state index in [1.54, 1.807) is 6.26 Å². The smallest absolute Gasteiger partial charge is 0.169 e. The summed E-state index contributed by atoms with van der Waals surface area (Å²) >= 11 is 5.46. The molecule has 1 saturated carbocycles. The van der Waals surface area contributed by atoms with E-state index < -0.39 is 0 Å². The predicted octanol–water partition coefficient (Wildman–Crippen LogP) is 2.77. The van der Waals surface area contributed by atoms with Gasteiger partial charge in [0, 0.05) is 12.6 Å². The van der Waals surface area contributed by atoms with Crippen molar-refractivity contribution in [3.05, 3.63) is 24.2 Å². The van der Waals surface area contributed by atoms with Crippen LogP contribution in [0.15, 0.2) is 22.8 Å². The lowest BCUT2D eigenvalue weighted by atomic mass is 10.2. The van der Waals surface area contributed by atoms with Crippen LogP contribution in [-0.4, -0.2) is 22.6 Å². The molecule has 0 spiro atoms. The van der Waals surface area contributed by atoms with E-state index in [-0.39, 0.29) is 0 Å². The Morgan fingerprint density at radius 3 is 2.88 bits per heavy atom. The summed E-state index contributed by atoms with van der Waals surface area (Å²) in [4.78, 5) is 2.25. The van der Waals surface area contributed by atoms with E-state index in [1.807, 2.05) is 12.1 Å². The van der Waals surface area contributed by atoms with E-state index in [4.69, 9.17) is 16.6 Å². The maximum Gasteiger partial charge on any atom is 0.169 e. The summed E-state index contributed by atoms with van der Waals surface area (Å²) in [5.41, 5.74) is 0. The van der Waals surface area contributed by atoms with Crippen molar-refractivity contribution in [2.75, 3.05) is 6.54 Å². The van der Waals surface area contributed by atoms with Gasteiger partial charge in [-0.1, -0.05) is 13.8 Å². The first-order chi connectivity index (χ1) is 8.16. The molecule has 3 nitrogen and oxygen atoms in total. The van der Waals surface area contributed by atoms with Gasteiger partial charge in [0.1, 0.15) is 5.76 Å². The molecule has 1 fully saturated rings. The summed E-state index contributed by atoms with van der Waals surface area (Å²) < 4.78 is 5.39. The highest BCUT2D eigenvalue weighted by molar-refractivity contribution is 7.80. The first kappa shape index (κ1) is 12.4. The number of rotatable bonds is 5. The highest BCUT2D eigenvalue weighted by Gasteiger charge is 2.31. The van der Waals surface area contributed by atoms with Crippen LogP contribution in [0.1, 0.15) is 32.4 Å². The van der Waals surface area contributed by atoms with Crippen LogP contribution in [0.4, 0.5) is 0 Å². The monoisotopic (exact) mass is 252 g/mol. The fourth-order valence-corrected chi connectivity index (χ4v) is 2.01. The van der Waals surface area contributed by atoms with Crippen molar-refractivity contribution in [2.45, 2.75) is 39.3 Å². The summed E-state index contributed by atoms with van der Waals surface area (Å²) in [5.74, 6) is 1.59. The molecule has 1 heterocycles. The first-order valence-corrected chi connectivity index (χ1v) is 6.64. The van der Waals surface area contributed by atoms with Crippen LogP contribution in [0.2, 0.25) is 0 Å². The lowest BCUT2D eigenvalue weighted by Crippen LogP contribution is -2.41. The van der Waals surface area contributed by atoms with Gasteiger partial charge in [0.25, 0.3) is 0 Å². The van der Waals surface area contributed by atoms with Crippen LogP contribution in [0.3, 0.4) is 0 Å². The van der Waals surface area contributed by atoms with E-state index in [0.29, 0.717) is 12.0 Å². The van der Waals surface area contributed by atoms with Crippen LogP contribution < -0.4 is 5.32 Å². The number of hydrogen-bond donors (Lipinski definition) is 1. The van der Waals surface area contributed by atoms with Crippen molar-refractivity contribution >= 4 is 17.3 Å². The Hall–Kier alpha value is -1.03. The van der Waals surface area contributed by atoms with Crippen LogP contribution in [0, 0.1) is 5.92 Å². The average molecular weight is 252 g/mol. The molecular weight excluding hydrogens is 232 g/mol. The largest absolute Gasteiger partial charge is 0.467 e. The molecule has 0 aromatic carbocycles. The summed E-state index contributed by atoms with van der Waals surface area (Å²) in [7, 11) is 0. The van der Waals surface area contributed by atoms with Gasteiger partial charge >= 0.3 is 0 Å². The molecule has 1 aromatic heterocycles. The molecule has 2 rings (SSSR count).